The van der Waals surface area contributed by atoms with Crippen LogP contribution in [0.15, 0.2) is 11.8 Å². The lowest BCUT2D eigenvalue weighted by molar-refractivity contribution is 0.0602. The molecule has 0 spiro atoms. The van der Waals surface area contributed by atoms with Gasteiger partial charge in [0.25, 0.3) is 0 Å². The quantitative estimate of drug-likeness (QED) is 0.200. The summed E-state index contributed by atoms with van der Waals surface area (Å²) in [5, 5.41) is 0. The molecular formula is C18H48O4Si6. The van der Waals surface area contributed by atoms with Gasteiger partial charge in [-0.05, 0) is 85.0 Å². The Balaban J connectivity index is 4.53. The zero-order chi connectivity index (χ0) is 22.2. The van der Waals surface area contributed by atoms with E-state index in [1.165, 1.54) is 6.04 Å². The lowest BCUT2D eigenvalue weighted by Crippen LogP contribution is -2.43. The molecule has 4 nitrogen and oxygen atoms in total. The van der Waals surface area contributed by atoms with Gasteiger partial charge in [0.2, 0.25) is 0 Å². The summed E-state index contributed by atoms with van der Waals surface area (Å²) in [6.07, 6.45) is 3.49. The number of allylic oxidation sites excluding steroid dienone is 1. The van der Waals surface area contributed by atoms with Gasteiger partial charge in [0.15, 0.2) is 33.3 Å². The molecule has 0 heterocycles. The Hall–Kier alpha value is 0.881. The normalized spacial score (nSPS) is 15.5. The molecular weight excluding hydrogens is 449 g/mol. The summed E-state index contributed by atoms with van der Waals surface area (Å²) >= 11 is 0. The van der Waals surface area contributed by atoms with Crippen LogP contribution in [-0.4, -0.2) is 64.1 Å². The third-order valence-electron chi connectivity index (χ3n) is 3.25. The van der Waals surface area contributed by atoms with Gasteiger partial charge in [0, 0.05) is 0 Å². The van der Waals surface area contributed by atoms with Crippen LogP contribution < -0.4 is 0 Å². The summed E-state index contributed by atoms with van der Waals surface area (Å²) in [7, 11) is -7.20. The summed E-state index contributed by atoms with van der Waals surface area (Å²) in [6.45, 7) is 27.0. The highest BCUT2D eigenvalue weighted by Crippen LogP contribution is 2.16. The fourth-order valence-corrected chi connectivity index (χ4v) is 15.3. The molecule has 0 radical (unpaired) electrons. The van der Waals surface area contributed by atoms with Gasteiger partial charge in [-0.25, -0.2) is 0 Å². The SMILES string of the molecule is C[Si](C)(C)OC(O[Si](C)(C)C)[SiH2]/C=C/CC[SiH2]C(O[Si](C)(C)C)O[Si](C)(C)C. The summed E-state index contributed by atoms with van der Waals surface area (Å²) in [6, 6.07) is 1.24. The first-order chi connectivity index (χ1) is 12.4. The molecule has 0 fully saturated rings. The van der Waals surface area contributed by atoms with Gasteiger partial charge >= 0.3 is 0 Å². The fraction of sp³-hybridized carbons (Fsp3) is 0.889. The average Bonchev–Trinajstić information content (AvgIpc) is 2.34. The summed E-state index contributed by atoms with van der Waals surface area (Å²) in [5.74, 6) is 0.146. The van der Waals surface area contributed by atoms with Crippen molar-refractivity contribution in [3.8, 4) is 0 Å². The predicted molar refractivity (Wildman–Crippen MR) is 141 cm³/mol. The van der Waals surface area contributed by atoms with Crippen LogP contribution in [-0.2, 0) is 17.7 Å². The molecule has 0 aliphatic carbocycles. The Labute approximate surface area is 184 Å². The Morgan fingerprint density at radius 1 is 0.607 bits per heavy atom. The van der Waals surface area contributed by atoms with E-state index in [-0.39, 0.29) is 11.8 Å². The van der Waals surface area contributed by atoms with Crippen molar-refractivity contribution in [2.75, 3.05) is 0 Å². The van der Waals surface area contributed by atoms with Crippen molar-refractivity contribution in [2.45, 2.75) is 103 Å². The fourth-order valence-electron chi connectivity index (χ4n) is 2.57. The largest absolute Gasteiger partial charge is 0.398 e. The average molecular weight is 497 g/mol. The Morgan fingerprint density at radius 2 is 0.964 bits per heavy atom. The van der Waals surface area contributed by atoms with Crippen LogP contribution >= 0.6 is 0 Å². The van der Waals surface area contributed by atoms with E-state index in [2.05, 4.69) is 90.3 Å². The van der Waals surface area contributed by atoms with E-state index >= 15 is 0 Å². The Bertz CT molecular complexity index is 429. The molecule has 0 bridgehead atoms. The van der Waals surface area contributed by atoms with E-state index in [9.17, 15) is 0 Å². The maximum absolute atomic E-state index is 6.34. The molecule has 10 heteroatoms. The smallest absolute Gasteiger partial charge is 0.186 e. The van der Waals surface area contributed by atoms with Crippen LogP contribution in [0.1, 0.15) is 6.42 Å². The molecule has 0 aromatic rings. The highest BCUT2D eigenvalue weighted by Gasteiger charge is 2.27. The molecule has 0 aliphatic rings. The van der Waals surface area contributed by atoms with Crippen molar-refractivity contribution in [1.82, 2.24) is 0 Å². The van der Waals surface area contributed by atoms with E-state index in [0.717, 1.165) is 6.42 Å². The second kappa shape index (κ2) is 12.1. The van der Waals surface area contributed by atoms with Crippen molar-refractivity contribution in [2.24, 2.45) is 0 Å². The van der Waals surface area contributed by atoms with Crippen LogP contribution in [0, 0.1) is 0 Å². The molecule has 168 valence electrons. The Kier molecular flexibility index (Phi) is 12.4. The van der Waals surface area contributed by atoms with Gasteiger partial charge in [-0.2, -0.15) is 0 Å². The number of rotatable bonds is 14. The molecule has 0 aromatic heterocycles. The number of hydrogen-bond donors (Lipinski definition) is 0. The van der Waals surface area contributed by atoms with Crippen molar-refractivity contribution in [3.05, 3.63) is 11.8 Å². The van der Waals surface area contributed by atoms with Gasteiger partial charge in [0.1, 0.15) is 21.3 Å². The second-order valence-electron chi connectivity index (χ2n) is 11.4. The van der Waals surface area contributed by atoms with E-state index in [1.54, 1.807) is 0 Å². The monoisotopic (exact) mass is 496 g/mol. The van der Waals surface area contributed by atoms with Gasteiger partial charge in [-0.15, -0.1) is 0 Å². The van der Waals surface area contributed by atoms with E-state index < -0.39 is 52.3 Å². The highest BCUT2D eigenvalue weighted by molar-refractivity contribution is 6.72. The molecule has 0 saturated carbocycles. The third kappa shape index (κ3) is 20.2. The zero-order valence-corrected chi connectivity index (χ0v) is 27.6. The summed E-state index contributed by atoms with van der Waals surface area (Å²) < 4.78 is 25.3. The van der Waals surface area contributed by atoms with E-state index in [0.29, 0.717) is 0 Å². The van der Waals surface area contributed by atoms with Crippen molar-refractivity contribution in [3.63, 3.8) is 0 Å². The summed E-state index contributed by atoms with van der Waals surface area (Å²) in [5.41, 5.74) is 2.38. The maximum atomic E-state index is 6.34. The third-order valence-corrected chi connectivity index (χ3v) is 11.4. The zero-order valence-electron chi connectivity index (χ0n) is 20.8. The van der Waals surface area contributed by atoms with Crippen molar-refractivity contribution in [1.29, 1.82) is 0 Å². The second-order valence-corrected chi connectivity index (χ2v) is 32.8. The Morgan fingerprint density at radius 3 is 1.32 bits per heavy atom. The maximum Gasteiger partial charge on any atom is 0.186 e. The molecule has 0 amide bonds. The standard InChI is InChI=1S/C18H48O4Si6/c1-25(2,3)19-17(20-26(4,5)6)23-15-13-14-16-24-18(21-27(7,8)9)22-28(10,11)12/h13,15,17-18H,14,16,23-24H2,1-12H3/b15-13+. The minimum absolute atomic E-state index is 0.0463. The van der Waals surface area contributed by atoms with Crippen molar-refractivity contribution < 1.29 is 17.7 Å². The van der Waals surface area contributed by atoms with Crippen LogP contribution in [0.5, 0.6) is 0 Å². The molecule has 0 N–H and O–H groups in total. The molecule has 0 aliphatic heterocycles. The minimum atomic E-state index is -1.58. The number of hydrogen-bond acceptors (Lipinski definition) is 4. The van der Waals surface area contributed by atoms with E-state index in [1.807, 2.05) is 0 Å². The van der Waals surface area contributed by atoms with Gasteiger partial charge in [0.05, 0.1) is 9.52 Å². The first-order valence-electron chi connectivity index (χ1n) is 10.7. The lowest BCUT2D eigenvalue weighted by atomic mass is 10.5. The molecule has 0 unspecified atom stereocenters. The molecule has 28 heavy (non-hydrogen) atoms. The van der Waals surface area contributed by atoms with Gasteiger partial charge in [-0.3, -0.25) is 0 Å². The van der Waals surface area contributed by atoms with Crippen LogP contribution in [0.4, 0.5) is 0 Å². The molecule has 0 saturated heterocycles. The van der Waals surface area contributed by atoms with Crippen molar-refractivity contribution >= 4 is 52.3 Å². The first kappa shape index (κ1) is 28.9. The summed E-state index contributed by atoms with van der Waals surface area (Å²) in [4.78, 5) is 0. The lowest BCUT2D eigenvalue weighted by Gasteiger charge is -2.31. The van der Waals surface area contributed by atoms with Gasteiger partial charge in [-0.1, -0.05) is 17.8 Å². The van der Waals surface area contributed by atoms with E-state index in [4.69, 9.17) is 17.7 Å². The highest BCUT2D eigenvalue weighted by atomic mass is 28.4. The van der Waals surface area contributed by atoms with Crippen LogP contribution in [0.2, 0.25) is 84.6 Å². The molecule has 0 aromatic carbocycles. The van der Waals surface area contributed by atoms with Crippen LogP contribution in [0.25, 0.3) is 0 Å². The van der Waals surface area contributed by atoms with Crippen LogP contribution in [0.3, 0.4) is 0 Å². The minimum Gasteiger partial charge on any atom is -0.398 e. The van der Waals surface area contributed by atoms with Gasteiger partial charge < -0.3 is 17.7 Å². The topological polar surface area (TPSA) is 36.9 Å². The molecule has 0 atom stereocenters. The first-order valence-corrected chi connectivity index (χ1v) is 27.8. The molecule has 0 rings (SSSR count). The predicted octanol–water partition coefficient (Wildman–Crippen LogP) is 4.62.